The molecule has 0 unspecified atom stereocenters. The lowest BCUT2D eigenvalue weighted by Gasteiger charge is -1.81. The van der Waals surface area contributed by atoms with Crippen molar-refractivity contribution >= 4 is 17.7 Å². The largest absolute Gasteiger partial charge is 0.631 e. The highest BCUT2D eigenvalue weighted by atomic mass is 32.2. The van der Waals surface area contributed by atoms with Gasteiger partial charge in [0.2, 0.25) is 0 Å². The predicted octanol–water partition coefficient (Wildman–Crippen LogP) is 0.890. The molecule has 0 saturated carbocycles. The highest BCUT2D eigenvalue weighted by Gasteiger charge is 2.17. The van der Waals surface area contributed by atoms with E-state index >= 15 is 0 Å². The summed E-state index contributed by atoms with van der Waals surface area (Å²) < 4.78 is 17.2. The first-order valence-electron chi connectivity index (χ1n) is 2.73. The molecule has 0 amide bonds. The summed E-state index contributed by atoms with van der Waals surface area (Å²) in [4.78, 5) is 0. The van der Waals surface area contributed by atoms with Crippen molar-refractivity contribution in [3.05, 3.63) is 11.3 Å². The van der Waals surface area contributed by atoms with Crippen molar-refractivity contribution in [3.63, 3.8) is 0 Å². The second-order valence-corrected chi connectivity index (χ2v) is 2.28. The molecule has 0 radical (unpaired) electrons. The Morgan fingerprint density at radius 3 is 2.70 bits per heavy atom. The molecule has 10 heavy (non-hydrogen) atoms. The Morgan fingerprint density at radius 1 is 1.60 bits per heavy atom. The standard InChI is InChI=1S/C5H7N2O2S/c1-3-4(2)6-9-5(3)7-10-8/h1-2H3,(H,7,8)/q+1. The van der Waals surface area contributed by atoms with Crippen molar-refractivity contribution in [1.29, 1.82) is 0 Å². The quantitative estimate of drug-likeness (QED) is 0.515. The Labute approximate surface area is 62.2 Å². The molecule has 1 N–H and O–H groups in total. The van der Waals surface area contributed by atoms with Crippen LogP contribution in [0.5, 0.6) is 0 Å². The number of hydrogen-bond acceptors (Lipinski definition) is 1. The van der Waals surface area contributed by atoms with Gasteiger partial charge in [-0.1, -0.05) is 12.6 Å². The molecule has 5 heteroatoms. The number of rotatable bonds is 2. The monoisotopic (exact) mass is 159 g/mol. The van der Waals surface area contributed by atoms with Gasteiger partial charge in [-0.2, -0.15) is 0 Å². The van der Waals surface area contributed by atoms with Gasteiger partial charge in [-0.15, -0.1) is 0 Å². The van der Waals surface area contributed by atoms with E-state index in [1.165, 1.54) is 0 Å². The lowest BCUT2D eigenvalue weighted by molar-refractivity contribution is 0.416. The summed E-state index contributed by atoms with van der Waals surface area (Å²) in [5.41, 5.74) is 1.68. The zero-order valence-electron chi connectivity index (χ0n) is 5.67. The summed E-state index contributed by atoms with van der Waals surface area (Å²) in [6.07, 6.45) is 0. The average molecular weight is 159 g/mol. The van der Waals surface area contributed by atoms with Crippen molar-refractivity contribution in [1.82, 2.24) is 5.16 Å². The maximum absolute atomic E-state index is 9.98. The van der Waals surface area contributed by atoms with E-state index in [1.807, 2.05) is 13.8 Å². The first-order chi connectivity index (χ1) is 4.75. The van der Waals surface area contributed by atoms with Gasteiger partial charge in [0.15, 0.2) is 0 Å². The lowest BCUT2D eigenvalue weighted by atomic mass is 10.3. The van der Waals surface area contributed by atoms with Crippen LogP contribution in [0.1, 0.15) is 11.3 Å². The van der Waals surface area contributed by atoms with Crippen LogP contribution in [0.25, 0.3) is 0 Å². The Kier molecular flexibility index (Phi) is 1.96. The van der Waals surface area contributed by atoms with Gasteiger partial charge in [-0.3, -0.25) is 5.16 Å². The van der Waals surface area contributed by atoms with Crippen molar-refractivity contribution in [2.24, 2.45) is 0 Å². The molecule has 4 nitrogen and oxygen atoms in total. The van der Waals surface area contributed by atoms with Gasteiger partial charge in [0.1, 0.15) is 0 Å². The van der Waals surface area contributed by atoms with Gasteiger partial charge >= 0.3 is 17.7 Å². The van der Waals surface area contributed by atoms with Gasteiger partial charge in [-0.05, 0) is 11.6 Å². The van der Waals surface area contributed by atoms with Gasteiger partial charge in [0.25, 0.3) is 0 Å². The fourth-order valence-corrected chi connectivity index (χ4v) is 0.814. The van der Waals surface area contributed by atoms with Gasteiger partial charge in [0.05, 0.1) is 9.77 Å². The first kappa shape index (κ1) is 7.14. The number of aryl methyl sites for hydroxylation is 1. The van der Waals surface area contributed by atoms with E-state index in [2.05, 4.69) is 9.88 Å². The number of anilines is 1. The van der Waals surface area contributed by atoms with Crippen LogP contribution in [0.2, 0.25) is 0 Å². The topological polar surface area (TPSA) is 54.5 Å². The normalized spacial score (nSPS) is 9.40. The third kappa shape index (κ3) is 1.13. The highest BCUT2D eigenvalue weighted by molar-refractivity contribution is 7.67. The van der Waals surface area contributed by atoms with Crippen LogP contribution in [0.15, 0.2) is 4.52 Å². The summed E-state index contributed by atoms with van der Waals surface area (Å²) >= 11 is 0.248. The van der Waals surface area contributed by atoms with Gasteiger partial charge in [0, 0.05) is 0 Å². The second kappa shape index (κ2) is 2.74. The highest BCUT2D eigenvalue weighted by Crippen LogP contribution is 2.15. The number of aromatic nitrogens is 1. The number of nitrogens with zero attached hydrogens (tertiary/aromatic N) is 1. The molecule has 1 aromatic heterocycles. The molecule has 0 aliphatic heterocycles. The van der Waals surface area contributed by atoms with Crippen LogP contribution in [-0.4, -0.2) is 0 Å². The van der Waals surface area contributed by atoms with Crippen molar-refractivity contribution in [2.45, 2.75) is 13.8 Å². The van der Waals surface area contributed by atoms with E-state index in [4.69, 9.17) is 4.52 Å². The molecular weight excluding hydrogens is 152 g/mol. The molecule has 0 atom stereocenters. The smallest absolute Gasteiger partial charge is 0.255 e. The molecular formula is C5H7N2O2S+. The van der Waals surface area contributed by atoms with Crippen LogP contribution < -0.4 is 9.88 Å². The molecule has 0 aliphatic carbocycles. The maximum Gasteiger partial charge on any atom is 0.631 e. The number of hydrogen-bond donors (Lipinski definition) is 1. The van der Waals surface area contributed by atoms with Gasteiger partial charge in [-0.25, -0.2) is 4.52 Å². The second-order valence-electron chi connectivity index (χ2n) is 1.91. The molecule has 1 aromatic rings. The van der Waals surface area contributed by atoms with E-state index in [9.17, 15) is 4.21 Å². The summed E-state index contributed by atoms with van der Waals surface area (Å²) in [6.45, 7) is 3.66. The van der Waals surface area contributed by atoms with Crippen molar-refractivity contribution in [3.8, 4) is 0 Å². The van der Waals surface area contributed by atoms with Crippen LogP contribution in [-0.2, 0) is 16.1 Å². The summed E-state index contributed by atoms with van der Waals surface area (Å²) in [5, 5.41) is 3.65. The average Bonchev–Trinajstić information content (AvgIpc) is 2.20. The van der Waals surface area contributed by atoms with E-state index in [0.29, 0.717) is 5.88 Å². The first-order valence-corrected chi connectivity index (χ1v) is 3.47. The van der Waals surface area contributed by atoms with Crippen LogP contribution >= 0.6 is 0 Å². The third-order valence-corrected chi connectivity index (χ3v) is 1.56. The van der Waals surface area contributed by atoms with E-state index in [0.717, 1.165) is 11.3 Å². The van der Waals surface area contributed by atoms with E-state index in [1.54, 1.807) is 0 Å². The Morgan fingerprint density at radius 2 is 2.30 bits per heavy atom. The minimum Gasteiger partial charge on any atom is -0.255 e. The molecule has 0 bridgehead atoms. The zero-order valence-corrected chi connectivity index (χ0v) is 6.49. The van der Waals surface area contributed by atoms with E-state index in [-0.39, 0.29) is 11.9 Å². The van der Waals surface area contributed by atoms with E-state index < -0.39 is 0 Å². The van der Waals surface area contributed by atoms with Crippen molar-refractivity contribution in [2.75, 3.05) is 4.72 Å². The Balaban J connectivity index is 2.93. The maximum atomic E-state index is 9.98. The Hall–Kier alpha value is -0.970. The van der Waals surface area contributed by atoms with Crippen LogP contribution in [0, 0.1) is 13.8 Å². The molecule has 0 spiro atoms. The summed E-state index contributed by atoms with van der Waals surface area (Å²) in [5.74, 6) is 0.442. The lowest BCUT2D eigenvalue weighted by Crippen LogP contribution is -1.87. The third-order valence-electron chi connectivity index (χ3n) is 1.29. The molecule has 0 aliphatic rings. The van der Waals surface area contributed by atoms with Crippen LogP contribution in [0.4, 0.5) is 5.88 Å². The van der Waals surface area contributed by atoms with Gasteiger partial charge < -0.3 is 0 Å². The fourth-order valence-electron chi connectivity index (χ4n) is 0.548. The molecule has 54 valence electrons. The molecule has 0 aromatic carbocycles. The Bertz CT molecular complexity index is 246. The van der Waals surface area contributed by atoms with Crippen molar-refractivity contribution < 1.29 is 8.73 Å². The summed E-state index contributed by atoms with van der Waals surface area (Å²) in [6, 6.07) is 0. The minimum absolute atomic E-state index is 0.248. The zero-order chi connectivity index (χ0) is 7.56. The fraction of sp³-hybridized carbons (Fsp3) is 0.400. The minimum atomic E-state index is 0.248. The molecule has 0 saturated heterocycles. The predicted molar refractivity (Wildman–Crippen MR) is 37.6 cm³/mol. The molecule has 0 fully saturated rings. The molecule has 1 rings (SSSR count). The summed E-state index contributed by atoms with van der Waals surface area (Å²) in [7, 11) is 0. The van der Waals surface area contributed by atoms with Crippen LogP contribution in [0.3, 0.4) is 0 Å². The SMILES string of the molecule is Cc1[n-][o+]c(N[S+]=O)c1C. The molecule has 1 heterocycles. The number of nitrogens with one attached hydrogen (secondary N) is 1.